The minimum atomic E-state index is -0.228. The van der Waals surface area contributed by atoms with Crippen molar-refractivity contribution in [1.29, 1.82) is 0 Å². The van der Waals surface area contributed by atoms with Gasteiger partial charge in [0.1, 0.15) is 6.61 Å². The topological polar surface area (TPSA) is 38.7 Å². The molecule has 0 aliphatic carbocycles. The van der Waals surface area contributed by atoms with Gasteiger partial charge in [-0.2, -0.15) is 0 Å². The Labute approximate surface area is 76.9 Å². The van der Waals surface area contributed by atoms with E-state index in [0.717, 1.165) is 17.1 Å². The monoisotopic (exact) mass is 180 g/mol. The van der Waals surface area contributed by atoms with Gasteiger partial charge in [-0.15, -0.1) is 0 Å². The van der Waals surface area contributed by atoms with Crippen LogP contribution in [0.25, 0.3) is 0 Å². The van der Waals surface area contributed by atoms with E-state index >= 15 is 0 Å². The van der Waals surface area contributed by atoms with Gasteiger partial charge in [-0.3, -0.25) is 0 Å². The van der Waals surface area contributed by atoms with Gasteiger partial charge in [0.05, 0.1) is 6.61 Å². The molecule has 3 heteroatoms. The summed E-state index contributed by atoms with van der Waals surface area (Å²) >= 11 is 0. The van der Waals surface area contributed by atoms with Crippen LogP contribution in [-0.2, 0) is 0 Å². The molecule has 0 amide bonds. The Bertz CT molecular complexity index is 309. The molecule has 1 aliphatic rings. The first kappa shape index (κ1) is 8.38. The van der Waals surface area contributed by atoms with Gasteiger partial charge in [0.15, 0.2) is 17.6 Å². The molecule has 1 atom stereocenters. The molecule has 1 aromatic rings. The summed E-state index contributed by atoms with van der Waals surface area (Å²) < 4.78 is 11.0. The minimum Gasteiger partial charge on any atom is -0.486 e. The number of rotatable bonds is 1. The van der Waals surface area contributed by atoms with Gasteiger partial charge in [0.25, 0.3) is 0 Å². The zero-order chi connectivity index (χ0) is 9.26. The molecule has 0 radical (unpaired) electrons. The van der Waals surface area contributed by atoms with Crippen LogP contribution in [-0.4, -0.2) is 24.4 Å². The molecule has 0 bridgehead atoms. The second kappa shape index (κ2) is 3.26. The van der Waals surface area contributed by atoms with Crippen molar-refractivity contribution in [2.24, 2.45) is 0 Å². The second-order valence-corrected chi connectivity index (χ2v) is 3.14. The van der Waals surface area contributed by atoms with E-state index < -0.39 is 0 Å². The summed E-state index contributed by atoms with van der Waals surface area (Å²) in [6.45, 7) is 2.38. The molecule has 1 heterocycles. The average Bonchev–Trinajstić information content (AvgIpc) is 2.18. The number of ether oxygens (including phenoxy) is 2. The summed E-state index contributed by atoms with van der Waals surface area (Å²) in [7, 11) is 0. The van der Waals surface area contributed by atoms with Crippen LogP contribution in [0.3, 0.4) is 0 Å². The maximum Gasteiger partial charge on any atom is 0.164 e. The first-order valence-corrected chi connectivity index (χ1v) is 4.31. The third-order valence-electron chi connectivity index (χ3n) is 2.09. The molecule has 0 aromatic heterocycles. The highest BCUT2D eigenvalue weighted by molar-refractivity contribution is 5.46. The molecule has 1 aromatic carbocycles. The Morgan fingerprint density at radius 1 is 1.54 bits per heavy atom. The van der Waals surface area contributed by atoms with E-state index in [1.165, 1.54) is 0 Å². The van der Waals surface area contributed by atoms with Crippen LogP contribution in [0.15, 0.2) is 18.2 Å². The molecule has 2 rings (SSSR count). The number of aliphatic hydroxyl groups is 1. The number of aliphatic hydroxyl groups excluding tert-OH is 1. The lowest BCUT2D eigenvalue weighted by molar-refractivity contribution is 0.0450. The lowest BCUT2D eigenvalue weighted by atomic mass is 10.2. The van der Waals surface area contributed by atoms with Crippen molar-refractivity contribution >= 4 is 0 Å². The molecule has 70 valence electrons. The standard InChI is InChI=1S/C10H12O3/c1-7-3-2-4-9-10(7)13-8(5-11)6-12-9/h2-4,8,11H,5-6H2,1H3/t8-/m0/s1. The predicted molar refractivity (Wildman–Crippen MR) is 48.2 cm³/mol. The number of para-hydroxylation sites is 1. The van der Waals surface area contributed by atoms with Crippen molar-refractivity contribution in [3.8, 4) is 11.5 Å². The van der Waals surface area contributed by atoms with E-state index in [9.17, 15) is 0 Å². The minimum absolute atomic E-state index is 0.00618. The van der Waals surface area contributed by atoms with Crippen molar-refractivity contribution in [3.63, 3.8) is 0 Å². The summed E-state index contributed by atoms with van der Waals surface area (Å²) in [6.07, 6.45) is -0.228. The Hall–Kier alpha value is -1.22. The van der Waals surface area contributed by atoms with Crippen molar-refractivity contribution in [2.45, 2.75) is 13.0 Å². The van der Waals surface area contributed by atoms with E-state index in [-0.39, 0.29) is 12.7 Å². The Balaban J connectivity index is 2.32. The fourth-order valence-corrected chi connectivity index (χ4v) is 1.36. The largest absolute Gasteiger partial charge is 0.486 e. The Morgan fingerprint density at radius 2 is 2.38 bits per heavy atom. The number of hydrogen-bond acceptors (Lipinski definition) is 3. The lowest BCUT2D eigenvalue weighted by Crippen LogP contribution is -2.32. The van der Waals surface area contributed by atoms with Crippen LogP contribution in [0.5, 0.6) is 11.5 Å². The third-order valence-corrected chi connectivity index (χ3v) is 2.09. The summed E-state index contributed by atoms with van der Waals surface area (Å²) in [6, 6.07) is 5.76. The van der Waals surface area contributed by atoms with Gasteiger partial charge in [0.2, 0.25) is 0 Å². The molecule has 0 unspecified atom stereocenters. The predicted octanol–water partition coefficient (Wildman–Crippen LogP) is 1.13. The van der Waals surface area contributed by atoms with Crippen molar-refractivity contribution in [1.82, 2.24) is 0 Å². The fourth-order valence-electron chi connectivity index (χ4n) is 1.36. The fraction of sp³-hybridized carbons (Fsp3) is 0.400. The van der Waals surface area contributed by atoms with Crippen molar-refractivity contribution in [2.75, 3.05) is 13.2 Å². The molecule has 0 saturated carbocycles. The number of fused-ring (bicyclic) bond motifs is 1. The van der Waals surface area contributed by atoms with E-state index in [2.05, 4.69) is 0 Å². The van der Waals surface area contributed by atoms with Crippen LogP contribution < -0.4 is 9.47 Å². The first-order valence-electron chi connectivity index (χ1n) is 4.31. The quantitative estimate of drug-likeness (QED) is 0.704. The van der Waals surface area contributed by atoms with Gasteiger partial charge in [-0.25, -0.2) is 0 Å². The zero-order valence-corrected chi connectivity index (χ0v) is 7.49. The zero-order valence-electron chi connectivity index (χ0n) is 7.49. The van der Waals surface area contributed by atoms with E-state index in [1.807, 2.05) is 25.1 Å². The Kier molecular flexibility index (Phi) is 2.10. The average molecular weight is 180 g/mol. The van der Waals surface area contributed by atoms with Crippen LogP contribution in [0.2, 0.25) is 0 Å². The molecule has 0 saturated heterocycles. The van der Waals surface area contributed by atoms with Crippen molar-refractivity contribution in [3.05, 3.63) is 23.8 Å². The van der Waals surface area contributed by atoms with E-state index in [0.29, 0.717) is 6.61 Å². The van der Waals surface area contributed by atoms with Gasteiger partial charge >= 0.3 is 0 Å². The maximum absolute atomic E-state index is 8.90. The molecule has 1 aliphatic heterocycles. The van der Waals surface area contributed by atoms with Crippen LogP contribution in [0.4, 0.5) is 0 Å². The highest BCUT2D eigenvalue weighted by Crippen LogP contribution is 2.34. The molecule has 1 N–H and O–H groups in total. The van der Waals surface area contributed by atoms with Gasteiger partial charge in [-0.1, -0.05) is 12.1 Å². The smallest absolute Gasteiger partial charge is 0.164 e. The summed E-state index contributed by atoms with van der Waals surface area (Å²) in [5.74, 6) is 1.53. The number of benzene rings is 1. The second-order valence-electron chi connectivity index (χ2n) is 3.14. The third kappa shape index (κ3) is 1.47. The highest BCUT2D eigenvalue weighted by Gasteiger charge is 2.21. The molecule has 3 nitrogen and oxygen atoms in total. The van der Waals surface area contributed by atoms with Crippen LogP contribution in [0, 0.1) is 6.92 Å². The molecule has 0 spiro atoms. The van der Waals surface area contributed by atoms with Gasteiger partial charge in [0, 0.05) is 0 Å². The van der Waals surface area contributed by atoms with Crippen molar-refractivity contribution < 1.29 is 14.6 Å². The molecular weight excluding hydrogens is 168 g/mol. The van der Waals surface area contributed by atoms with Gasteiger partial charge in [-0.05, 0) is 18.6 Å². The van der Waals surface area contributed by atoms with Crippen LogP contribution in [0.1, 0.15) is 5.56 Å². The lowest BCUT2D eigenvalue weighted by Gasteiger charge is -2.26. The summed E-state index contributed by atoms with van der Waals surface area (Å²) in [5, 5.41) is 8.90. The normalized spacial score (nSPS) is 20.0. The molecule has 13 heavy (non-hydrogen) atoms. The Morgan fingerprint density at radius 3 is 3.15 bits per heavy atom. The molecular formula is C10H12O3. The molecule has 0 fully saturated rings. The van der Waals surface area contributed by atoms with Gasteiger partial charge < -0.3 is 14.6 Å². The first-order chi connectivity index (χ1) is 6.31. The van der Waals surface area contributed by atoms with E-state index in [1.54, 1.807) is 0 Å². The maximum atomic E-state index is 8.90. The number of hydrogen-bond donors (Lipinski definition) is 1. The highest BCUT2D eigenvalue weighted by atomic mass is 16.6. The SMILES string of the molecule is Cc1cccc2c1O[C@@H](CO)CO2. The summed E-state index contributed by atoms with van der Waals surface area (Å²) in [4.78, 5) is 0. The van der Waals surface area contributed by atoms with E-state index in [4.69, 9.17) is 14.6 Å². The number of aryl methyl sites for hydroxylation is 1. The summed E-state index contributed by atoms with van der Waals surface area (Å²) in [5.41, 5.74) is 1.04. The van der Waals surface area contributed by atoms with Crippen LogP contribution >= 0.6 is 0 Å².